The van der Waals surface area contributed by atoms with E-state index in [-0.39, 0.29) is 23.5 Å². The van der Waals surface area contributed by atoms with Crippen molar-refractivity contribution >= 4 is 17.3 Å². The lowest BCUT2D eigenvalue weighted by Crippen LogP contribution is -2.18. The average Bonchev–Trinajstić information content (AvgIpc) is 3.10. The number of rotatable bonds is 9. The Morgan fingerprint density at radius 3 is 2.52 bits per heavy atom. The lowest BCUT2D eigenvalue weighted by molar-refractivity contribution is 0.0594. The van der Waals surface area contributed by atoms with Gasteiger partial charge in [-0.25, -0.2) is 9.78 Å². The molecule has 1 N–H and O–H groups in total. The van der Waals surface area contributed by atoms with E-state index in [9.17, 15) is 14.4 Å². The van der Waals surface area contributed by atoms with Gasteiger partial charge in [-0.2, -0.15) is 0 Å². The first-order valence-corrected chi connectivity index (χ1v) is 14.3. The first-order chi connectivity index (χ1) is 19.1. The number of esters is 1. The summed E-state index contributed by atoms with van der Waals surface area (Å²) in [4.78, 5) is 45.9. The molecule has 1 aromatic carbocycles. The Bertz CT molecular complexity index is 1500. The summed E-state index contributed by atoms with van der Waals surface area (Å²) in [5.41, 5.74) is 8.41. The number of fused-ring (bicyclic) bond motifs is 1. The molecule has 0 aliphatic heterocycles. The number of pyridine rings is 2. The van der Waals surface area contributed by atoms with E-state index in [2.05, 4.69) is 49.8 Å². The van der Waals surface area contributed by atoms with Crippen molar-refractivity contribution in [3.8, 4) is 11.1 Å². The molecule has 2 aromatic heterocycles. The molecule has 210 valence electrons. The molecular weight excluding hydrogens is 500 g/mol. The maximum Gasteiger partial charge on any atom is 0.356 e. The van der Waals surface area contributed by atoms with Crippen molar-refractivity contribution in [1.82, 2.24) is 9.97 Å². The van der Waals surface area contributed by atoms with Crippen LogP contribution in [-0.2, 0) is 24.0 Å². The minimum atomic E-state index is -0.488. The van der Waals surface area contributed by atoms with Gasteiger partial charge in [-0.3, -0.25) is 9.59 Å². The fourth-order valence-electron chi connectivity index (χ4n) is 5.73. The molecular formula is C34H40N2O4. The fraction of sp³-hybridized carbons (Fsp3) is 0.412. The van der Waals surface area contributed by atoms with Crippen LogP contribution >= 0.6 is 0 Å². The fourth-order valence-corrected chi connectivity index (χ4v) is 5.73. The van der Waals surface area contributed by atoms with Crippen LogP contribution in [0.5, 0.6) is 0 Å². The van der Waals surface area contributed by atoms with Gasteiger partial charge in [0.15, 0.2) is 5.78 Å². The summed E-state index contributed by atoms with van der Waals surface area (Å²) in [6.07, 6.45) is 8.16. The Morgan fingerprint density at radius 2 is 1.88 bits per heavy atom. The van der Waals surface area contributed by atoms with Gasteiger partial charge >= 0.3 is 5.97 Å². The van der Waals surface area contributed by atoms with Crippen LogP contribution in [0.15, 0.2) is 47.4 Å². The Kier molecular flexibility index (Phi) is 9.18. The highest BCUT2D eigenvalue weighted by Crippen LogP contribution is 2.37. The third-order valence-corrected chi connectivity index (χ3v) is 8.04. The number of H-pyrrole nitrogens is 1. The van der Waals surface area contributed by atoms with E-state index in [0.717, 1.165) is 64.8 Å². The maximum atomic E-state index is 14.0. The molecule has 1 aliphatic rings. The summed E-state index contributed by atoms with van der Waals surface area (Å²) in [6, 6.07) is 9.65. The molecule has 0 saturated carbocycles. The number of hydrogen-bond acceptors (Lipinski definition) is 5. The highest BCUT2D eigenvalue weighted by Gasteiger charge is 2.25. The van der Waals surface area contributed by atoms with E-state index in [1.165, 1.54) is 7.11 Å². The number of aromatic nitrogens is 2. The monoisotopic (exact) mass is 540 g/mol. The number of hydrogen-bond donors (Lipinski definition) is 1. The smallest absolute Gasteiger partial charge is 0.356 e. The van der Waals surface area contributed by atoms with E-state index in [1.807, 2.05) is 25.1 Å². The first-order valence-electron chi connectivity index (χ1n) is 14.3. The van der Waals surface area contributed by atoms with Gasteiger partial charge in [0.25, 0.3) is 5.56 Å². The molecule has 6 heteroatoms. The van der Waals surface area contributed by atoms with E-state index in [0.29, 0.717) is 29.4 Å². The molecule has 0 amide bonds. The summed E-state index contributed by atoms with van der Waals surface area (Å²) >= 11 is 0. The van der Waals surface area contributed by atoms with E-state index < -0.39 is 5.97 Å². The van der Waals surface area contributed by atoms with Gasteiger partial charge in [0.05, 0.1) is 7.11 Å². The lowest BCUT2D eigenvalue weighted by Gasteiger charge is -2.21. The predicted octanol–water partition coefficient (Wildman–Crippen LogP) is 6.92. The number of methoxy groups -OCH3 is 1. The van der Waals surface area contributed by atoms with Crippen LogP contribution in [0.25, 0.3) is 16.7 Å². The van der Waals surface area contributed by atoms with Gasteiger partial charge in [0, 0.05) is 35.0 Å². The van der Waals surface area contributed by atoms with Crippen LogP contribution in [-0.4, -0.2) is 28.8 Å². The minimum absolute atomic E-state index is 0.0235. The van der Waals surface area contributed by atoms with Gasteiger partial charge in [0.1, 0.15) is 5.69 Å². The summed E-state index contributed by atoms with van der Waals surface area (Å²) in [6.45, 7) is 10.6. The van der Waals surface area contributed by atoms with Crippen molar-refractivity contribution < 1.29 is 14.3 Å². The molecule has 2 heterocycles. The number of nitrogens with zero attached hydrogens (tertiary/aromatic N) is 1. The van der Waals surface area contributed by atoms with Crippen LogP contribution in [0.2, 0.25) is 0 Å². The maximum absolute atomic E-state index is 14.0. The molecule has 0 fully saturated rings. The Balaban J connectivity index is 1.77. The second kappa shape index (κ2) is 12.6. The highest BCUT2D eigenvalue weighted by atomic mass is 16.5. The standard InChI is InChI=1S/C34H40N2O4/c1-7-8-24-15-22(5)36-33(38)28(24)12-14-31(37)29-18-26(25-11-13-30(35-19-25)34(39)40-6)17-27-16-23(20(2)3)10-9-21(4)32(27)29/h9,11,13,15,17-20,23H,7-8,10,12,14,16H2,1-6H3,(H,36,38)/t23-/m1/s1. The summed E-state index contributed by atoms with van der Waals surface area (Å²) in [5.74, 6) is 0.509. The molecule has 40 heavy (non-hydrogen) atoms. The molecule has 0 bridgehead atoms. The minimum Gasteiger partial charge on any atom is -0.464 e. The van der Waals surface area contributed by atoms with Crippen LogP contribution in [0.3, 0.4) is 0 Å². The van der Waals surface area contributed by atoms with Crippen molar-refractivity contribution in [2.75, 3.05) is 7.11 Å². The quantitative estimate of drug-likeness (QED) is 0.235. The molecule has 4 rings (SSSR count). The zero-order chi connectivity index (χ0) is 29.0. The van der Waals surface area contributed by atoms with Crippen LogP contribution < -0.4 is 5.56 Å². The summed E-state index contributed by atoms with van der Waals surface area (Å²) in [5, 5.41) is 0. The lowest BCUT2D eigenvalue weighted by atomic mass is 9.83. The summed E-state index contributed by atoms with van der Waals surface area (Å²) in [7, 11) is 1.33. The molecule has 0 spiro atoms. The van der Waals surface area contributed by atoms with Gasteiger partial charge < -0.3 is 9.72 Å². The number of ketones is 1. The Labute approximate surface area is 236 Å². The van der Waals surface area contributed by atoms with Gasteiger partial charge in [-0.15, -0.1) is 0 Å². The van der Waals surface area contributed by atoms with Crippen LogP contribution in [0.1, 0.15) is 95.8 Å². The average molecular weight is 541 g/mol. The van der Waals surface area contributed by atoms with Crippen LogP contribution in [0, 0.1) is 18.8 Å². The van der Waals surface area contributed by atoms with Crippen molar-refractivity contribution in [2.24, 2.45) is 11.8 Å². The molecule has 0 unspecified atom stereocenters. The number of carbonyl (C=O) groups is 2. The zero-order valence-corrected chi connectivity index (χ0v) is 24.5. The molecule has 0 saturated heterocycles. The van der Waals surface area contributed by atoms with E-state index in [1.54, 1.807) is 12.3 Å². The van der Waals surface area contributed by atoms with Gasteiger partial charge in [-0.1, -0.05) is 45.4 Å². The second-order valence-electron chi connectivity index (χ2n) is 11.3. The molecule has 0 radical (unpaired) electrons. The number of nitrogens with one attached hydrogen (secondary N) is 1. The topological polar surface area (TPSA) is 89.1 Å². The summed E-state index contributed by atoms with van der Waals surface area (Å²) < 4.78 is 4.79. The first kappa shape index (κ1) is 29.2. The zero-order valence-electron chi connectivity index (χ0n) is 24.5. The Hall–Kier alpha value is -3.80. The number of benzene rings is 1. The van der Waals surface area contributed by atoms with Gasteiger partial charge in [-0.05, 0) is 97.4 Å². The SMILES string of the molecule is CCCc1cc(C)[nH]c(=O)c1CCC(=O)c1cc(-c2ccc(C(=O)OC)nc2)cc2c1C(C)=CC[C@@H](C(C)C)C2. The highest BCUT2D eigenvalue weighted by molar-refractivity contribution is 6.02. The third-order valence-electron chi connectivity index (χ3n) is 8.04. The van der Waals surface area contributed by atoms with E-state index in [4.69, 9.17) is 4.74 Å². The predicted molar refractivity (Wildman–Crippen MR) is 160 cm³/mol. The molecule has 1 aliphatic carbocycles. The number of aromatic amines is 1. The molecule has 6 nitrogen and oxygen atoms in total. The largest absolute Gasteiger partial charge is 0.464 e. The normalized spacial score (nSPS) is 14.9. The van der Waals surface area contributed by atoms with Crippen molar-refractivity contribution in [3.05, 3.63) is 92.2 Å². The Morgan fingerprint density at radius 1 is 1.10 bits per heavy atom. The van der Waals surface area contributed by atoms with Crippen molar-refractivity contribution in [1.29, 1.82) is 0 Å². The number of carbonyl (C=O) groups excluding carboxylic acids is 2. The number of Topliss-reactive ketones (excluding diaryl/α,β-unsaturated/α-hetero) is 1. The number of allylic oxidation sites excluding steroid dienone is 2. The van der Waals surface area contributed by atoms with E-state index >= 15 is 0 Å². The van der Waals surface area contributed by atoms with Crippen molar-refractivity contribution in [2.45, 2.75) is 73.1 Å². The van der Waals surface area contributed by atoms with Gasteiger partial charge in [0.2, 0.25) is 0 Å². The second-order valence-corrected chi connectivity index (χ2v) is 11.3. The molecule has 3 aromatic rings. The number of aryl methyl sites for hydroxylation is 2. The number of ether oxygens (including phenoxy) is 1. The molecule has 1 atom stereocenters. The third kappa shape index (κ3) is 6.33. The van der Waals surface area contributed by atoms with Crippen LogP contribution in [0.4, 0.5) is 0 Å². The van der Waals surface area contributed by atoms with Crippen molar-refractivity contribution in [3.63, 3.8) is 0 Å².